The summed E-state index contributed by atoms with van der Waals surface area (Å²) < 4.78 is 7.57. The first kappa shape index (κ1) is 20.9. The molecule has 1 fully saturated rings. The minimum atomic E-state index is -0.472. The molecule has 0 saturated heterocycles. The first-order valence-corrected chi connectivity index (χ1v) is 12.0. The Morgan fingerprint density at radius 3 is 2.69 bits per heavy atom. The highest BCUT2D eigenvalue weighted by Crippen LogP contribution is 2.40. The summed E-state index contributed by atoms with van der Waals surface area (Å²) in [6.45, 7) is 2.27. The van der Waals surface area contributed by atoms with E-state index in [1.54, 1.807) is 28.2 Å². The molecular weight excluding hydrogens is 420 g/mol. The fourth-order valence-corrected chi connectivity index (χ4v) is 5.98. The molecule has 5 rings (SSSR count). The summed E-state index contributed by atoms with van der Waals surface area (Å²) in [4.78, 5) is 30.8. The van der Waals surface area contributed by atoms with Crippen LogP contribution in [0.25, 0.3) is 26.7 Å². The molecule has 0 radical (unpaired) electrons. The number of ether oxygens (including phenoxy) is 1. The van der Waals surface area contributed by atoms with Gasteiger partial charge < -0.3 is 4.74 Å². The van der Waals surface area contributed by atoms with E-state index >= 15 is 0 Å². The zero-order valence-corrected chi connectivity index (χ0v) is 19.2. The van der Waals surface area contributed by atoms with Crippen molar-refractivity contribution in [2.45, 2.75) is 44.9 Å². The van der Waals surface area contributed by atoms with Gasteiger partial charge in [-0.25, -0.2) is 9.78 Å². The number of rotatable bonds is 4. The van der Waals surface area contributed by atoms with E-state index < -0.39 is 5.97 Å². The van der Waals surface area contributed by atoms with Crippen LogP contribution in [0.4, 0.5) is 0 Å². The monoisotopic (exact) mass is 446 g/mol. The Morgan fingerprint density at radius 1 is 1.16 bits per heavy atom. The maximum absolute atomic E-state index is 13.2. The SMILES string of the molecule is CCC1CCC(c2nc3cc(C(=O)OC)c(-n4ccc5ccccc5c4=O)cc3s2)CC1. The topological polar surface area (TPSA) is 61.2 Å². The van der Waals surface area contributed by atoms with Gasteiger partial charge in [0, 0.05) is 17.5 Å². The largest absolute Gasteiger partial charge is 0.465 e. The molecule has 0 amide bonds. The van der Waals surface area contributed by atoms with Gasteiger partial charge >= 0.3 is 5.97 Å². The molecule has 2 aromatic carbocycles. The molecule has 0 N–H and O–H groups in total. The lowest BCUT2D eigenvalue weighted by Gasteiger charge is -2.26. The second-order valence-corrected chi connectivity index (χ2v) is 9.65. The van der Waals surface area contributed by atoms with Crippen LogP contribution >= 0.6 is 11.3 Å². The van der Waals surface area contributed by atoms with E-state index in [9.17, 15) is 9.59 Å². The van der Waals surface area contributed by atoms with Gasteiger partial charge in [-0.2, -0.15) is 0 Å². The third kappa shape index (κ3) is 3.62. The van der Waals surface area contributed by atoms with Crippen LogP contribution in [-0.2, 0) is 4.74 Å². The minimum absolute atomic E-state index is 0.157. The van der Waals surface area contributed by atoms with Crippen molar-refractivity contribution in [3.8, 4) is 5.69 Å². The van der Waals surface area contributed by atoms with Crippen molar-refractivity contribution >= 4 is 38.3 Å². The standard InChI is InChI=1S/C26H26N2O3S/c1-3-16-8-10-18(11-9-16)24-27-21-14-20(26(30)31-2)22(15-23(21)32-24)28-13-12-17-6-4-5-7-19(17)25(28)29/h4-7,12-16,18H,3,8-11H2,1-2H3. The molecule has 0 aliphatic heterocycles. The number of carbonyl (C=O) groups is 1. The van der Waals surface area contributed by atoms with Crippen molar-refractivity contribution in [3.63, 3.8) is 0 Å². The van der Waals surface area contributed by atoms with Crippen LogP contribution in [0.5, 0.6) is 0 Å². The molecule has 1 aliphatic rings. The van der Waals surface area contributed by atoms with Crippen molar-refractivity contribution in [1.82, 2.24) is 9.55 Å². The molecule has 1 aliphatic carbocycles. The first-order valence-electron chi connectivity index (χ1n) is 11.2. The van der Waals surface area contributed by atoms with Gasteiger partial charge in [-0.15, -0.1) is 11.3 Å². The number of pyridine rings is 1. The second-order valence-electron chi connectivity index (χ2n) is 8.58. The number of methoxy groups -OCH3 is 1. The number of benzene rings is 2. The van der Waals surface area contributed by atoms with E-state index in [4.69, 9.17) is 9.72 Å². The maximum Gasteiger partial charge on any atom is 0.340 e. The zero-order valence-electron chi connectivity index (χ0n) is 18.3. The van der Waals surface area contributed by atoms with E-state index in [2.05, 4.69) is 6.92 Å². The lowest BCUT2D eigenvalue weighted by Crippen LogP contribution is -2.20. The molecule has 0 unspecified atom stereocenters. The van der Waals surface area contributed by atoms with Gasteiger partial charge in [0.05, 0.1) is 33.6 Å². The number of carbonyl (C=O) groups excluding carboxylic acids is 1. The van der Waals surface area contributed by atoms with Gasteiger partial charge in [0.15, 0.2) is 0 Å². The van der Waals surface area contributed by atoms with Crippen LogP contribution in [0.3, 0.4) is 0 Å². The maximum atomic E-state index is 13.2. The summed E-state index contributed by atoms with van der Waals surface area (Å²) in [6.07, 6.45) is 7.81. The van der Waals surface area contributed by atoms with Crippen molar-refractivity contribution in [1.29, 1.82) is 0 Å². The van der Waals surface area contributed by atoms with E-state index in [1.807, 2.05) is 36.4 Å². The van der Waals surface area contributed by atoms with Crippen LogP contribution in [0.2, 0.25) is 0 Å². The second kappa shape index (κ2) is 8.51. The highest BCUT2D eigenvalue weighted by atomic mass is 32.1. The average Bonchev–Trinajstić information content (AvgIpc) is 3.26. The minimum Gasteiger partial charge on any atom is -0.465 e. The smallest absolute Gasteiger partial charge is 0.340 e. The van der Waals surface area contributed by atoms with Crippen molar-refractivity contribution in [2.24, 2.45) is 5.92 Å². The van der Waals surface area contributed by atoms with E-state index in [-0.39, 0.29) is 5.56 Å². The van der Waals surface area contributed by atoms with E-state index in [1.165, 1.54) is 39.2 Å². The van der Waals surface area contributed by atoms with E-state index in [0.717, 1.165) is 26.5 Å². The van der Waals surface area contributed by atoms with Gasteiger partial charge in [-0.3, -0.25) is 9.36 Å². The number of thiazole rings is 1. The van der Waals surface area contributed by atoms with Crippen LogP contribution in [0.1, 0.15) is 60.3 Å². The Hall–Kier alpha value is -2.99. The van der Waals surface area contributed by atoms with Crippen LogP contribution < -0.4 is 5.56 Å². The molecule has 164 valence electrons. The number of aromatic nitrogens is 2. The molecular formula is C26H26N2O3S. The third-order valence-corrected chi connectivity index (χ3v) is 7.95. The Balaban J connectivity index is 1.63. The molecule has 5 nitrogen and oxygen atoms in total. The third-order valence-electron chi connectivity index (χ3n) is 6.77. The van der Waals surface area contributed by atoms with Gasteiger partial charge in [-0.05, 0) is 61.3 Å². The molecule has 4 aromatic rings. The Morgan fingerprint density at radius 2 is 1.94 bits per heavy atom. The molecule has 2 heterocycles. The summed E-state index contributed by atoms with van der Waals surface area (Å²) in [6, 6.07) is 13.1. The molecule has 0 atom stereocenters. The lowest BCUT2D eigenvalue weighted by molar-refractivity contribution is 0.0601. The predicted molar refractivity (Wildman–Crippen MR) is 129 cm³/mol. The molecule has 1 saturated carbocycles. The van der Waals surface area contributed by atoms with Gasteiger partial charge in [0.2, 0.25) is 0 Å². The number of fused-ring (bicyclic) bond motifs is 2. The number of esters is 1. The van der Waals surface area contributed by atoms with Gasteiger partial charge in [0.25, 0.3) is 5.56 Å². The van der Waals surface area contributed by atoms with Crippen LogP contribution in [-0.4, -0.2) is 22.6 Å². The molecule has 6 heteroatoms. The lowest BCUT2D eigenvalue weighted by atomic mass is 9.81. The van der Waals surface area contributed by atoms with Gasteiger partial charge in [0.1, 0.15) is 0 Å². The summed E-state index contributed by atoms with van der Waals surface area (Å²) in [7, 11) is 1.36. The van der Waals surface area contributed by atoms with Crippen molar-refractivity contribution in [2.75, 3.05) is 7.11 Å². The fraction of sp³-hybridized carbons (Fsp3) is 0.346. The highest BCUT2D eigenvalue weighted by molar-refractivity contribution is 7.18. The molecule has 2 aromatic heterocycles. The quantitative estimate of drug-likeness (QED) is 0.357. The molecule has 0 spiro atoms. The summed E-state index contributed by atoms with van der Waals surface area (Å²) in [5.74, 6) is 0.835. The average molecular weight is 447 g/mol. The summed E-state index contributed by atoms with van der Waals surface area (Å²) in [5, 5.41) is 2.62. The fourth-order valence-electron chi connectivity index (χ4n) is 4.83. The van der Waals surface area contributed by atoms with Crippen molar-refractivity contribution in [3.05, 3.63) is 69.6 Å². The summed E-state index contributed by atoms with van der Waals surface area (Å²) >= 11 is 1.68. The van der Waals surface area contributed by atoms with Crippen molar-refractivity contribution < 1.29 is 9.53 Å². The summed E-state index contributed by atoms with van der Waals surface area (Å²) in [5.41, 5.74) is 1.52. The number of hydrogen-bond acceptors (Lipinski definition) is 5. The van der Waals surface area contributed by atoms with Gasteiger partial charge in [-0.1, -0.05) is 31.5 Å². The number of hydrogen-bond donors (Lipinski definition) is 0. The Bertz CT molecular complexity index is 1360. The first-order chi connectivity index (χ1) is 15.6. The Labute approximate surface area is 190 Å². The Kier molecular flexibility index (Phi) is 5.55. The molecule has 0 bridgehead atoms. The van der Waals surface area contributed by atoms with Crippen LogP contribution in [0, 0.1) is 5.92 Å². The van der Waals surface area contributed by atoms with E-state index in [0.29, 0.717) is 22.6 Å². The normalized spacial score (nSPS) is 18.8. The highest BCUT2D eigenvalue weighted by Gasteiger charge is 2.25. The predicted octanol–water partition coefficient (Wildman–Crippen LogP) is 6.07. The number of nitrogens with zero attached hydrogens (tertiary/aromatic N) is 2. The van der Waals surface area contributed by atoms with Crippen LogP contribution in [0.15, 0.2) is 53.5 Å². The zero-order chi connectivity index (χ0) is 22.2. The molecule has 32 heavy (non-hydrogen) atoms.